The first-order valence-electron chi connectivity index (χ1n) is 4.21. The zero-order chi connectivity index (χ0) is 13.2. The van der Waals surface area contributed by atoms with Gasteiger partial charge in [-0.15, -0.1) is 0 Å². The average Bonchev–Trinajstić information content (AvgIpc) is 2.10. The standard InChI is InChI=1S/2C3H8O4S.Ni/c2*4-2-1-3-8(5,6)7;/h2*4H,1-3H2,(H,5,6,7);/q;;+2/p-2. The molecule has 0 saturated heterocycles. The Kier molecular flexibility index (Phi) is 14.9. The molecule has 0 aromatic heterocycles. The molecule has 0 aromatic rings. The first-order valence-corrected chi connectivity index (χ1v) is 7.36. The van der Waals surface area contributed by atoms with Crippen LogP contribution in [0.25, 0.3) is 0 Å². The SMILES string of the molecule is O=S(=O)([O-])CCCO.O=S(=O)([O-])CCCO.[Ni+2]. The quantitative estimate of drug-likeness (QED) is 0.410. The van der Waals surface area contributed by atoms with Crippen molar-refractivity contribution in [2.45, 2.75) is 12.8 Å². The molecule has 0 aromatic carbocycles. The molecule has 0 amide bonds. The Bertz CT molecular complexity index is 312. The second kappa shape index (κ2) is 11.3. The van der Waals surface area contributed by atoms with Crippen LogP contribution in [0.4, 0.5) is 0 Å². The van der Waals surface area contributed by atoms with Gasteiger partial charge in [0.25, 0.3) is 0 Å². The van der Waals surface area contributed by atoms with E-state index in [1.807, 2.05) is 0 Å². The molecule has 0 rings (SSSR count). The Morgan fingerprint density at radius 2 is 1.00 bits per heavy atom. The minimum absolute atomic E-state index is 0. The topological polar surface area (TPSA) is 155 Å². The second-order valence-corrected chi connectivity index (χ2v) is 5.73. The molecule has 0 aliphatic carbocycles. The van der Waals surface area contributed by atoms with E-state index in [1.54, 1.807) is 0 Å². The maximum atomic E-state index is 9.72. The van der Waals surface area contributed by atoms with Gasteiger partial charge >= 0.3 is 16.5 Å². The Morgan fingerprint density at radius 1 is 0.765 bits per heavy atom. The minimum atomic E-state index is -4.10. The molecular weight excluding hydrogens is 323 g/mol. The number of aliphatic hydroxyl groups is 2. The molecule has 0 bridgehead atoms. The van der Waals surface area contributed by atoms with E-state index in [2.05, 4.69) is 0 Å². The normalized spacial score (nSPS) is 11.1. The van der Waals surface area contributed by atoms with E-state index in [-0.39, 0.29) is 42.5 Å². The summed E-state index contributed by atoms with van der Waals surface area (Å²) in [6, 6.07) is 0. The van der Waals surface area contributed by atoms with Crippen molar-refractivity contribution >= 4 is 20.2 Å². The Morgan fingerprint density at radius 3 is 1.06 bits per heavy atom. The molecule has 11 heteroatoms. The third kappa shape index (κ3) is 31.4. The smallest absolute Gasteiger partial charge is 0.748 e. The second-order valence-electron chi connectivity index (χ2n) is 2.68. The third-order valence-corrected chi connectivity index (χ3v) is 2.68. The number of hydrogen-bond acceptors (Lipinski definition) is 8. The van der Waals surface area contributed by atoms with Crippen LogP contribution in [0.2, 0.25) is 0 Å². The molecule has 0 radical (unpaired) electrons. The molecule has 0 fully saturated rings. The van der Waals surface area contributed by atoms with Crippen LogP contribution >= 0.6 is 0 Å². The van der Waals surface area contributed by atoms with Crippen molar-refractivity contribution in [3.63, 3.8) is 0 Å². The molecule has 0 heterocycles. The monoisotopic (exact) mass is 336 g/mol. The summed E-state index contributed by atoms with van der Waals surface area (Å²) in [6.07, 6.45) is 0.0671. The zero-order valence-corrected chi connectivity index (χ0v) is 11.3. The fourth-order valence-corrected chi connectivity index (χ4v) is 1.45. The molecule has 0 aliphatic heterocycles. The van der Waals surface area contributed by atoms with E-state index < -0.39 is 31.7 Å². The zero-order valence-electron chi connectivity index (χ0n) is 8.72. The van der Waals surface area contributed by atoms with Gasteiger partial charge in [-0.05, 0) is 12.8 Å². The van der Waals surface area contributed by atoms with Crippen LogP contribution in [0.1, 0.15) is 12.8 Å². The first-order chi connectivity index (χ1) is 7.12. The number of aliphatic hydroxyl groups excluding tert-OH is 2. The van der Waals surface area contributed by atoms with Gasteiger partial charge < -0.3 is 19.3 Å². The van der Waals surface area contributed by atoms with Crippen molar-refractivity contribution in [2.24, 2.45) is 0 Å². The van der Waals surface area contributed by atoms with Gasteiger partial charge in [-0.25, -0.2) is 16.8 Å². The van der Waals surface area contributed by atoms with Crippen molar-refractivity contribution in [3.8, 4) is 0 Å². The first kappa shape index (κ1) is 22.4. The summed E-state index contributed by atoms with van der Waals surface area (Å²) in [6.45, 7) is -0.497. The van der Waals surface area contributed by atoms with Gasteiger partial charge in [0, 0.05) is 24.7 Å². The van der Waals surface area contributed by atoms with Crippen molar-refractivity contribution < 1.29 is 52.6 Å². The Labute approximate surface area is 110 Å². The summed E-state index contributed by atoms with van der Waals surface area (Å²) in [5.74, 6) is -0.938. The summed E-state index contributed by atoms with van der Waals surface area (Å²) < 4.78 is 58.3. The molecule has 0 spiro atoms. The molecule has 17 heavy (non-hydrogen) atoms. The van der Waals surface area contributed by atoms with Gasteiger partial charge in [0.1, 0.15) is 0 Å². The van der Waals surface area contributed by atoms with Crippen LogP contribution in [0.3, 0.4) is 0 Å². The van der Waals surface area contributed by atoms with Gasteiger partial charge in [-0.2, -0.15) is 0 Å². The molecule has 2 N–H and O–H groups in total. The Hall–Kier alpha value is 0.234. The van der Waals surface area contributed by atoms with Crippen molar-refractivity contribution in [1.29, 1.82) is 0 Å². The predicted octanol–water partition coefficient (Wildman–Crippen LogP) is -2.17. The Balaban J connectivity index is -0.000000218. The van der Waals surface area contributed by atoms with E-state index in [4.69, 9.17) is 10.2 Å². The fraction of sp³-hybridized carbons (Fsp3) is 1.00. The number of rotatable bonds is 6. The van der Waals surface area contributed by atoms with Crippen LogP contribution in [-0.4, -0.2) is 60.9 Å². The predicted molar refractivity (Wildman–Crippen MR) is 52.5 cm³/mol. The van der Waals surface area contributed by atoms with Gasteiger partial charge in [0.2, 0.25) is 0 Å². The van der Waals surface area contributed by atoms with Gasteiger partial charge in [0.15, 0.2) is 0 Å². The molecule has 8 nitrogen and oxygen atoms in total. The van der Waals surface area contributed by atoms with E-state index in [1.165, 1.54) is 0 Å². The summed E-state index contributed by atoms with van der Waals surface area (Å²) in [5.41, 5.74) is 0. The summed E-state index contributed by atoms with van der Waals surface area (Å²) in [7, 11) is -8.19. The van der Waals surface area contributed by atoms with E-state index in [0.29, 0.717) is 0 Å². The van der Waals surface area contributed by atoms with Crippen LogP contribution < -0.4 is 0 Å². The van der Waals surface area contributed by atoms with E-state index in [9.17, 15) is 25.9 Å². The molecule has 0 unspecified atom stereocenters. The third-order valence-electron chi connectivity index (χ3n) is 1.10. The van der Waals surface area contributed by atoms with Gasteiger partial charge in [-0.3, -0.25) is 0 Å². The van der Waals surface area contributed by atoms with Gasteiger partial charge in [-0.1, -0.05) is 0 Å². The van der Waals surface area contributed by atoms with E-state index in [0.717, 1.165) is 0 Å². The van der Waals surface area contributed by atoms with Gasteiger partial charge in [0.05, 0.1) is 20.2 Å². The van der Waals surface area contributed by atoms with Crippen LogP contribution in [0, 0.1) is 0 Å². The molecule has 0 saturated carbocycles. The molecular formula is C6H14NiO8S2. The van der Waals surface area contributed by atoms with E-state index >= 15 is 0 Å². The minimum Gasteiger partial charge on any atom is -0.748 e. The molecule has 0 atom stereocenters. The largest absolute Gasteiger partial charge is 2.00 e. The maximum Gasteiger partial charge on any atom is 2.00 e. The van der Waals surface area contributed by atoms with Crippen LogP contribution in [0.15, 0.2) is 0 Å². The maximum absolute atomic E-state index is 9.72. The summed E-state index contributed by atoms with van der Waals surface area (Å²) in [5, 5.41) is 16.1. The summed E-state index contributed by atoms with van der Waals surface area (Å²) >= 11 is 0. The van der Waals surface area contributed by atoms with Crippen LogP contribution in [0.5, 0.6) is 0 Å². The average molecular weight is 337 g/mol. The number of hydrogen-bond donors (Lipinski definition) is 2. The molecule has 0 aliphatic rings. The summed E-state index contributed by atoms with van der Waals surface area (Å²) in [4.78, 5) is 0. The fourth-order valence-electron chi connectivity index (χ4n) is 0.483. The van der Waals surface area contributed by atoms with Crippen molar-refractivity contribution in [1.82, 2.24) is 0 Å². The van der Waals surface area contributed by atoms with Crippen LogP contribution in [-0.2, 0) is 36.7 Å². The van der Waals surface area contributed by atoms with Crippen molar-refractivity contribution in [2.75, 3.05) is 24.7 Å². The van der Waals surface area contributed by atoms with Crippen molar-refractivity contribution in [3.05, 3.63) is 0 Å². The molecule has 108 valence electrons.